The number of guanidine groups is 1. The van der Waals surface area contributed by atoms with Gasteiger partial charge in [0.1, 0.15) is 5.82 Å². The van der Waals surface area contributed by atoms with Crippen LogP contribution >= 0.6 is 0 Å². The molecular formula is C15H17N5O. The Labute approximate surface area is 123 Å². The van der Waals surface area contributed by atoms with Gasteiger partial charge in [-0.05, 0) is 19.1 Å². The third-order valence-corrected chi connectivity index (χ3v) is 3.29. The van der Waals surface area contributed by atoms with Gasteiger partial charge in [-0.1, -0.05) is 18.2 Å². The van der Waals surface area contributed by atoms with E-state index in [9.17, 15) is 4.79 Å². The number of benzene rings is 1. The molecule has 2 aromatic rings. The van der Waals surface area contributed by atoms with E-state index in [4.69, 9.17) is 0 Å². The average Bonchev–Trinajstić information content (AvgIpc) is 3.07. The molecule has 1 amide bonds. The van der Waals surface area contributed by atoms with Gasteiger partial charge in [-0.25, -0.2) is 4.68 Å². The minimum Gasteiger partial charge on any atom is -0.310 e. The molecule has 0 unspecified atom stereocenters. The molecule has 6 nitrogen and oxygen atoms in total. The standard InChI is InChI=1S/C15H17N5O/c1-11-10-14(17-15-16-8-9-19(15)12(2)21)20(18-11)13-6-4-3-5-7-13/h3-7,10H,8-9H2,1-2H3,(H,16,17). The van der Waals surface area contributed by atoms with Crippen molar-refractivity contribution in [3.63, 3.8) is 0 Å². The Kier molecular flexibility index (Phi) is 3.43. The number of rotatable bonds is 2. The van der Waals surface area contributed by atoms with Crippen molar-refractivity contribution in [2.45, 2.75) is 13.8 Å². The molecule has 0 saturated carbocycles. The largest absolute Gasteiger partial charge is 0.310 e. The number of carbonyl (C=O) groups is 1. The number of amides is 1. The number of anilines is 1. The van der Waals surface area contributed by atoms with Gasteiger partial charge in [0.15, 0.2) is 0 Å². The lowest BCUT2D eigenvalue weighted by Crippen LogP contribution is -2.37. The molecule has 21 heavy (non-hydrogen) atoms. The molecule has 1 N–H and O–H groups in total. The second-order valence-electron chi connectivity index (χ2n) is 4.92. The summed E-state index contributed by atoms with van der Waals surface area (Å²) in [6, 6.07) is 11.8. The maximum atomic E-state index is 11.6. The van der Waals surface area contributed by atoms with Crippen molar-refractivity contribution in [1.29, 1.82) is 0 Å². The first-order valence-corrected chi connectivity index (χ1v) is 6.87. The Bertz CT molecular complexity index is 689. The molecule has 0 spiro atoms. The van der Waals surface area contributed by atoms with Crippen molar-refractivity contribution in [3.05, 3.63) is 42.1 Å². The number of para-hydroxylation sites is 1. The molecule has 0 saturated heterocycles. The maximum absolute atomic E-state index is 11.6. The van der Waals surface area contributed by atoms with Crippen LogP contribution < -0.4 is 5.32 Å². The molecule has 0 bridgehead atoms. The van der Waals surface area contributed by atoms with Gasteiger partial charge < -0.3 is 5.32 Å². The summed E-state index contributed by atoms with van der Waals surface area (Å²) < 4.78 is 1.81. The first kappa shape index (κ1) is 13.4. The van der Waals surface area contributed by atoms with Crippen LogP contribution in [0.2, 0.25) is 0 Å². The normalized spacial score (nSPS) is 14.2. The van der Waals surface area contributed by atoms with E-state index in [-0.39, 0.29) is 5.91 Å². The van der Waals surface area contributed by atoms with Crippen LogP contribution in [0, 0.1) is 6.92 Å². The number of nitrogens with zero attached hydrogens (tertiary/aromatic N) is 4. The van der Waals surface area contributed by atoms with Crippen molar-refractivity contribution in [3.8, 4) is 5.69 Å². The number of hydrogen-bond acceptors (Lipinski definition) is 4. The summed E-state index contributed by atoms with van der Waals surface area (Å²) in [5.41, 5.74) is 1.86. The summed E-state index contributed by atoms with van der Waals surface area (Å²) in [7, 11) is 0. The molecule has 0 radical (unpaired) electrons. The van der Waals surface area contributed by atoms with Crippen molar-refractivity contribution in [1.82, 2.24) is 14.7 Å². The zero-order valence-electron chi connectivity index (χ0n) is 12.1. The van der Waals surface area contributed by atoms with Crippen molar-refractivity contribution in [2.75, 3.05) is 18.4 Å². The van der Waals surface area contributed by atoms with E-state index in [0.717, 1.165) is 17.2 Å². The molecule has 6 heteroatoms. The monoisotopic (exact) mass is 283 g/mol. The lowest BCUT2D eigenvalue weighted by Gasteiger charge is -2.17. The predicted octanol–water partition coefficient (Wildman–Crippen LogP) is 1.81. The lowest BCUT2D eigenvalue weighted by atomic mass is 10.3. The fourth-order valence-corrected chi connectivity index (χ4v) is 2.33. The van der Waals surface area contributed by atoms with Gasteiger partial charge in [-0.15, -0.1) is 0 Å². The van der Waals surface area contributed by atoms with Gasteiger partial charge in [0.05, 0.1) is 17.9 Å². The summed E-state index contributed by atoms with van der Waals surface area (Å²) in [6.07, 6.45) is 0. The van der Waals surface area contributed by atoms with Crippen molar-refractivity contribution in [2.24, 2.45) is 4.99 Å². The van der Waals surface area contributed by atoms with Crippen LogP contribution in [0.3, 0.4) is 0 Å². The summed E-state index contributed by atoms with van der Waals surface area (Å²) in [5.74, 6) is 1.37. The maximum Gasteiger partial charge on any atom is 0.226 e. The molecule has 0 fully saturated rings. The molecule has 108 valence electrons. The Morgan fingerprint density at radius 3 is 2.76 bits per heavy atom. The first-order chi connectivity index (χ1) is 10.1. The second kappa shape index (κ2) is 5.40. The molecule has 1 aliphatic heterocycles. The van der Waals surface area contributed by atoms with E-state index in [1.807, 2.05) is 48.0 Å². The molecule has 1 aromatic heterocycles. The van der Waals surface area contributed by atoms with Gasteiger partial charge in [-0.2, -0.15) is 5.10 Å². The number of nitrogens with one attached hydrogen (secondary N) is 1. The highest BCUT2D eigenvalue weighted by Crippen LogP contribution is 2.18. The number of aliphatic imine (C=N–C) groups is 1. The average molecular weight is 283 g/mol. The molecular weight excluding hydrogens is 266 g/mol. The predicted molar refractivity (Wildman–Crippen MR) is 81.6 cm³/mol. The summed E-state index contributed by atoms with van der Waals surface area (Å²) >= 11 is 0. The Morgan fingerprint density at radius 2 is 2.05 bits per heavy atom. The van der Waals surface area contributed by atoms with Gasteiger partial charge >= 0.3 is 0 Å². The molecule has 1 aromatic carbocycles. The van der Waals surface area contributed by atoms with Crippen LogP contribution in [0.5, 0.6) is 0 Å². The summed E-state index contributed by atoms with van der Waals surface area (Å²) in [5, 5.41) is 7.70. The van der Waals surface area contributed by atoms with Gasteiger partial charge in [0.2, 0.25) is 11.9 Å². The minimum atomic E-state index is -0.0127. The van der Waals surface area contributed by atoms with Crippen LogP contribution in [-0.4, -0.2) is 39.6 Å². The highest BCUT2D eigenvalue weighted by Gasteiger charge is 2.22. The first-order valence-electron chi connectivity index (χ1n) is 6.87. The minimum absolute atomic E-state index is 0.0127. The third-order valence-electron chi connectivity index (χ3n) is 3.29. The zero-order valence-corrected chi connectivity index (χ0v) is 12.1. The third kappa shape index (κ3) is 2.65. The Morgan fingerprint density at radius 1 is 1.29 bits per heavy atom. The van der Waals surface area contributed by atoms with Crippen LogP contribution in [0.4, 0.5) is 5.82 Å². The van der Waals surface area contributed by atoms with Crippen LogP contribution in [0.1, 0.15) is 12.6 Å². The SMILES string of the molecule is CC(=O)N1CCN=C1Nc1cc(C)nn1-c1ccccc1. The highest BCUT2D eigenvalue weighted by atomic mass is 16.2. The fraction of sp³-hybridized carbons (Fsp3) is 0.267. The van der Waals surface area contributed by atoms with E-state index < -0.39 is 0 Å². The van der Waals surface area contributed by atoms with Gasteiger partial charge in [0, 0.05) is 19.5 Å². The molecule has 2 heterocycles. The molecule has 3 rings (SSSR count). The van der Waals surface area contributed by atoms with Gasteiger partial charge in [-0.3, -0.25) is 14.7 Å². The van der Waals surface area contributed by atoms with Crippen LogP contribution in [-0.2, 0) is 4.79 Å². The molecule has 0 aliphatic carbocycles. The quantitative estimate of drug-likeness (QED) is 0.914. The van der Waals surface area contributed by atoms with E-state index in [1.54, 1.807) is 11.8 Å². The molecule has 0 atom stereocenters. The zero-order chi connectivity index (χ0) is 14.8. The van der Waals surface area contributed by atoms with Gasteiger partial charge in [0.25, 0.3) is 0 Å². The summed E-state index contributed by atoms with van der Waals surface area (Å²) in [6.45, 7) is 4.72. The number of carbonyl (C=O) groups excluding carboxylic acids is 1. The van der Waals surface area contributed by atoms with Crippen molar-refractivity contribution >= 4 is 17.7 Å². The highest BCUT2D eigenvalue weighted by molar-refractivity contribution is 6.04. The van der Waals surface area contributed by atoms with E-state index in [1.165, 1.54) is 0 Å². The molecule has 1 aliphatic rings. The lowest BCUT2D eigenvalue weighted by molar-refractivity contribution is -0.124. The smallest absolute Gasteiger partial charge is 0.226 e. The fourth-order valence-electron chi connectivity index (χ4n) is 2.33. The van der Waals surface area contributed by atoms with Crippen LogP contribution in [0.15, 0.2) is 41.4 Å². The number of hydrogen-bond donors (Lipinski definition) is 1. The van der Waals surface area contributed by atoms with Crippen molar-refractivity contribution < 1.29 is 4.79 Å². The second-order valence-corrected chi connectivity index (χ2v) is 4.92. The number of aromatic nitrogens is 2. The van der Waals surface area contributed by atoms with Crippen LogP contribution in [0.25, 0.3) is 5.69 Å². The topological polar surface area (TPSA) is 62.5 Å². The van der Waals surface area contributed by atoms with E-state index in [0.29, 0.717) is 19.0 Å². The summed E-state index contributed by atoms with van der Waals surface area (Å²) in [4.78, 5) is 17.6. The number of aryl methyl sites for hydroxylation is 1. The van der Waals surface area contributed by atoms with E-state index in [2.05, 4.69) is 15.4 Å². The van der Waals surface area contributed by atoms with E-state index >= 15 is 0 Å². The Hall–Kier alpha value is -2.63. The Balaban J connectivity index is 1.92.